The van der Waals surface area contributed by atoms with Gasteiger partial charge in [0.2, 0.25) is 0 Å². The number of ether oxygens (including phenoxy) is 2. The van der Waals surface area contributed by atoms with Crippen LogP contribution in [0, 0.1) is 0 Å². The molecular weight excluding hydrogens is 496 g/mol. The van der Waals surface area contributed by atoms with E-state index in [2.05, 4.69) is 0 Å². The van der Waals surface area contributed by atoms with Crippen molar-refractivity contribution in [1.82, 2.24) is 0 Å². The monoisotopic (exact) mass is 520 g/mol. The number of rotatable bonds is 6. The summed E-state index contributed by atoms with van der Waals surface area (Å²) in [5.74, 6) is -0.811. The molecule has 0 saturated carbocycles. The van der Waals surface area contributed by atoms with Crippen LogP contribution in [0.4, 0.5) is 0 Å². The second-order valence-corrected chi connectivity index (χ2v) is 9.29. The molecule has 0 saturated heterocycles. The Morgan fingerprint density at radius 2 is 0.700 bits per heavy atom. The fourth-order valence-corrected chi connectivity index (χ4v) is 4.59. The van der Waals surface area contributed by atoms with E-state index in [1.165, 1.54) is 0 Å². The second kappa shape index (κ2) is 11.1. The van der Waals surface area contributed by atoms with Gasteiger partial charge in [0.25, 0.3) is 0 Å². The molecule has 0 heterocycles. The van der Waals surface area contributed by atoms with Gasteiger partial charge in [0.15, 0.2) is 11.5 Å². The first-order valence-electron chi connectivity index (χ1n) is 12.9. The fraction of sp³-hybridized carbons (Fsp3) is 0. The summed E-state index contributed by atoms with van der Waals surface area (Å²) in [5.41, 5.74) is 1.97. The lowest BCUT2D eigenvalue weighted by Crippen LogP contribution is -2.11. The van der Waals surface area contributed by atoms with Crippen LogP contribution < -0.4 is 0 Å². The van der Waals surface area contributed by atoms with Crippen molar-refractivity contribution in [2.24, 2.45) is 0 Å². The van der Waals surface area contributed by atoms with Crippen LogP contribution in [0.1, 0.15) is 31.8 Å². The summed E-state index contributed by atoms with van der Waals surface area (Å²) in [6.45, 7) is 0. The molecule has 192 valence electrons. The summed E-state index contributed by atoms with van der Waals surface area (Å²) in [4.78, 5) is 26.8. The van der Waals surface area contributed by atoms with Gasteiger partial charge in [0.1, 0.15) is 0 Å². The number of esters is 2. The average molecular weight is 521 g/mol. The Bertz CT molecular complexity index is 1730. The van der Waals surface area contributed by atoms with Crippen LogP contribution in [0.25, 0.3) is 33.1 Å². The van der Waals surface area contributed by atoms with E-state index in [9.17, 15) is 9.59 Å². The Hall–Kier alpha value is -5.48. The van der Waals surface area contributed by atoms with Crippen LogP contribution in [0.5, 0.6) is 0 Å². The molecule has 0 aliphatic carbocycles. The standard InChI is InChI=1S/C36H24O4/c37-35(27-13-3-1-4-14-27)39-33(31-21-19-25-11-7-9-17-29(25)23-31)34(40-36(38)28-15-5-2-6-16-28)32-22-20-26-12-8-10-18-30(26)24-32/h1-24H. The van der Waals surface area contributed by atoms with Crippen LogP contribution >= 0.6 is 0 Å². The minimum Gasteiger partial charge on any atom is -0.418 e. The van der Waals surface area contributed by atoms with Crippen molar-refractivity contribution in [1.29, 1.82) is 0 Å². The van der Waals surface area contributed by atoms with Gasteiger partial charge in [-0.3, -0.25) is 0 Å². The molecule has 0 aliphatic rings. The van der Waals surface area contributed by atoms with E-state index in [0.717, 1.165) is 21.5 Å². The Morgan fingerprint density at radius 1 is 0.350 bits per heavy atom. The van der Waals surface area contributed by atoms with E-state index in [-0.39, 0.29) is 11.5 Å². The minimum absolute atomic E-state index is 0.152. The van der Waals surface area contributed by atoms with Gasteiger partial charge < -0.3 is 9.47 Å². The van der Waals surface area contributed by atoms with Gasteiger partial charge >= 0.3 is 11.9 Å². The maximum atomic E-state index is 13.4. The van der Waals surface area contributed by atoms with Gasteiger partial charge in [-0.1, -0.05) is 109 Å². The van der Waals surface area contributed by atoms with Crippen molar-refractivity contribution in [3.8, 4) is 0 Å². The number of benzene rings is 6. The van der Waals surface area contributed by atoms with Gasteiger partial charge in [-0.2, -0.15) is 0 Å². The molecule has 4 heteroatoms. The lowest BCUT2D eigenvalue weighted by atomic mass is 10.0. The van der Waals surface area contributed by atoms with Gasteiger partial charge in [-0.05, 0) is 57.9 Å². The normalized spacial score (nSPS) is 11.6. The van der Waals surface area contributed by atoms with Crippen LogP contribution in [-0.4, -0.2) is 11.9 Å². The molecule has 6 aromatic carbocycles. The molecule has 6 aromatic rings. The molecule has 0 unspecified atom stereocenters. The summed E-state index contributed by atoms with van der Waals surface area (Å²) >= 11 is 0. The Balaban J connectivity index is 1.57. The first-order chi connectivity index (χ1) is 19.7. The third-order valence-electron chi connectivity index (χ3n) is 6.64. The maximum absolute atomic E-state index is 13.4. The molecule has 0 radical (unpaired) electrons. The Kier molecular flexibility index (Phi) is 6.89. The maximum Gasteiger partial charge on any atom is 0.343 e. The lowest BCUT2D eigenvalue weighted by Gasteiger charge is -2.17. The molecule has 0 bridgehead atoms. The highest BCUT2D eigenvalue weighted by Gasteiger charge is 2.23. The second-order valence-electron chi connectivity index (χ2n) is 9.29. The zero-order chi connectivity index (χ0) is 27.3. The first-order valence-corrected chi connectivity index (χ1v) is 12.9. The van der Waals surface area contributed by atoms with E-state index in [1.54, 1.807) is 48.5 Å². The van der Waals surface area contributed by atoms with Gasteiger partial charge in [-0.25, -0.2) is 9.59 Å². The largest absolute Gasteiger partial charge is 0.418 e. The van der Waals surface area contributed by atoms with E-state index in [1.807, 2.05) is 97.1 Å². The average Bonchev–Trinajstić information content (AvgIpc) is 3.03. The predicted molar refractivity (Wildman–Crippen MR) is 158 cm³/mol. The minimum atomic E-state index is -0.558. The molecule has 0 aliphatic heterocycles. The molecule has 0 aromatic heterocycles. The number of hydrogen-bond donors (Lipinski definition) is 0. The topological polar surface area (TPSA) is 52.6 Å². The molecule has 0 spiro atoms. The van der Waals surface area contributed by atoms with Crippen LogP contribution in [0.15, 0.2) is 146 Å². The third kappa shape index (κ3) is 5.24. The van der Waals surface area contributed by atoms with E-state index in [0.29, 0.717) is 22.3 Å². The van der Waals surface area contributed by atoms with Gasteiger partial charge in [0.05, 0.1) is 11.1 Å². The highest BCUT2D eigenvalue weighted by molar-refractivity contribution is 6.02. The molecule has 0 fully saturated rings. The van der Waals surface area contributed by atoms with Crippen LogP contribution in [0.3, 0.4) is 0 Å². The summed E-state index contributed by atoms with van der Waals surface area (Å²) in [6.07, 6.45) is 0. The van der Waals surface area contributed by atoms with Crippen molar-refractivity contribution in [2.75, 3.05) is 0 Å². The van der Waals surface area contributed by atoms with Crippen molar-refractivity contribution in [2.45, 2.75) is 0 Å². The van der Waals surface area contributed by atoms with Crippen molar-refractivity contribution in [3.63, 3.8) is 0 Å². The summed E-state index contributed by atoms with van der Waals surface area (Å²) < 4.78 is 12.2. The number of fused-ring (bicyclic) bond motifs is 2. The van der Waals surface area contributed by atoms with E-state index < -0.39 is 11.9 Å². The Labute approximate surface area is 231 Å². The molecule has 0 N–H and O–H groups in total. The summed E-state index contributed by atoms with van der Waals surface area (Å²) in [6, 6.07) is 44.9. The molecule has 4 nitrogen and oxygen atoms in total. The highest BCUT2D eigenvalue weighted by Crippen LogP contribution is 2.33. The quantitative estimate of drug-likeness (QED) is 0.125. The van der Waals surface area contributed by atoms with Crippen molar-refractivity contribution >= 4 is 45.0 Å². The third-order valence-corrected chi connectivity index (χ3v) is 6.64. The van der Waals surface area contributed by atoms with Crippen LogP contribution in [0.2, 0.25) is 0 Å². The smallest absolute Gasteiger partial charge is 0.343 e. The van der Waals surface area contributed by atoms with Crippen molar-refractivity contribution < 1.29 is 19.1 Å². The van der Waals surface area contributed by atoms with E-state index >= 15 is 0 Å². The fourth-order valence-electron chi connectivity index (χ4n) is 4.59. The van der Waals surface area contributed by atoms with Gasteiger partial charge in [-0.15, -0.1) is 0 Å². The van der Waals surface area contributed by atoms with Crippen LogP contribution in [-0.2, 0) is 9.47 Å². The zero-order valence-corrected chi connectivity index (χ0v) is 21.5. The zero-order valence-electron chi connectivity index (χ0n) is 21.5. The van der Waals surface area contributed by atoms with Gasteiger partial charge in [0, 0.05) is 11.1 Å². The molecule has 0 amide bonds. The molecular formula is C36H24O4. The SMILES string of the molecule is O=C(OC(=C(OC(=O)c1ccccc1)c1ccc2ccccc2c1)c1ccc2ccccc2c1)c1ccccc1. The number of hydrogen-bond acceptors (Lipinski definition) is 4. The molecule has 6 rings (SSSR count). The lowest BCUT2D eigenvalue weighted by molar-refractivity contribution is 0.0647. The highest BCUT2D eigenvalue weighted by atomic mass is 16.6. The molecule has 0 atom stereocenters. The molecule has 40 heavy (non-hydrogen) atoms. The van der Waals surface area contributed by atoms with Crippen molar-refractivity contribution in [3.05, 3.63) is 168 Å². The number of carbonyl (C=O) groups excluding carboxylic acids is 2. The number of carbonyl (C=O) groups is 2. The predicted octanol–water partition coefficient (Wildman–Crippen LogP) is 8.53. The summed E-state index contributed by atoms with van der Waals surface area (Å²) in [7, 11) is 0. The Morgan fingerprint density at radius 3 is 1.10 bits per heavy atom. The van der Waals surface area contributed by atoms with E-state index in [4.69, 9.17) is 9.47 Å². The first kappa shape index (κ1) is 24.8. The summed E-state index contributed by atoms with van der Waals surface area (Å²) in [5, 5.41) is 3.99.